The lowest BCUT2D eigenvalue weighted by Crippen LogP contribution is -2.42. The number of fused-ring (bicyclic) bond motifs is 4. The first-order valence-electron chi connectivity index (χ1n) is 18.2. The molecule has 0 saturated carbocycles. The van der Waals surface area contributed by atoms with Crippen molar-refractivity contribution in [3.63, 3.8) is 0 Å². The van der Waals surface area contributed by atoms with E-state index in [0.717, 1.165) is 65.0 Å². The lowest BCUT2D eigenvalue weighted by Gasteiger charge is -2.34. The van der Waals surface area contributed by atoms with Gasteiger partial charge in [-0.15, -0.1) is 0 Å². The SMILES string of the molecule is CC(c1cccc2ccccc12)N1C(=O)c2ccc3c4ccc5c6c(ccc(c7ccc(c2c37)C1=O)c64)C(=O)N(C(C)c1cccc2ccccc12)C5=O. The van der Waals surface area contributed by atoms with Crippen molar-refractivity contribution in [1.29, 1.82) is 0 Å². The van der Waals surface area contributed by atoms with Gasteiger partial charge in [0, 0.05) is 33.0 Å². The van der Waals surface area contributed by atoms with Gasteiger partial charge in [-0.3, -0.25) is 29.0 Å². The normalized spacial score (nSPS) is 15.5. The van der Waals surface area contributed by atoms with Gasteiger partial charge in [-0.1, -0.05) is 109 Å². The Morgan fingerprint density at radius 3 is 1.00 bits per heavy atom. The molecule has 2 atom stereocenters. The molecule has 0 bridgehead atoms. The molecular formula is C48H30N2O4. The molecule has 9 aromatic carbocycles. The number of hydrogen-bond donors (Lipinski definition) is 0. The fraction of sp³-hybridized carbons (Fsp3) is 0.0833. The van der Waals surface area contributed by atoms with Crippen LogP contribution in [0.5, 0.6) is 0 Å². The molecule has 2 unspecified atom stereocenters. The van der Waals surface area contributed by atoms with Crippen molar-refractivity contribution in [2.75, 3.05) is 0 Å². The number of imide groups is 2. The zero-order valence-electron chi connectivity index (χ0n) is 29.4. The highest BCUT2D eigenvalue weighted by atomic mass is 16.2. The molecule has 0 aromatic heterocycles. The molecule has 0 radical (unpaired) electrons. The van der Waals surface area contributed by atoms with Crippen LogP contribution in [0.2, 0.25) is 0 Å². The van der Waals surface area contributed by atoms with Gasteiger partial charge in [-0.05, 0) is 103 Å². The molecule has 11 rings (SSSR count). The fourth-order valence-corrected chi connectivity index (χ4v) is 9.52. The molecule has 0 spiro atoms. The smallest absolute Gasteiger partial charge is 0.261 e. The van der Waals surface area contributed by atoms with E-state index in [1.807, 2.05) is 147 Å². The van der Waals surface area contributed by atoms with Gasteiger partial charge in [0.1, 0.15) is 0 Å². The molecule has 256 valence electrons. The quantitative estimate of drug-likeness (QED) is 0.104. The van der Waals surface area contributed by atoms with Crippen LogP contribution in [-0.2, 0) is 0 Å². The highest BCUT2D eigenvalue weighted by molar-refractivity contribution is 6.41. The second kappa shape index (κ2) is 10.8. The van der Waals surface area contributed by atoms with E-state index in [1.54, 1.807) is 0 Å². The highest BCUT2D eigenvalue weighted by Gasteiger charge is 2.40. The third-order valence-corrected chi connectivity index (χ3v) is 12.0. The van der Waals surface area contributed by atoms with E-state index in [-0.39, 0.29) is 23.6 Å². The zero-order chi connectivity index (χ0) is 36.6. The summed E-state index contributed by atoms with van der Waals surface area (Å²) in [6.45, 7) is 3.82. The zero-order valence-corrected chi connectivity index (χ0v) is 29.4. The largest absolute Gasteiger partial charge is 0.269 e. The summed E-state index contributed by atoms with van der Waals surface area (Å²) < 4.78 is 0. The molecule has 2 aliphatic rings. The van der Waals surface area contributed by atoms with Gasteiger partial charge in [0.25, 0.3) is 23.6 Å². The van der Waals surface area contributed by atoms with Gasteiger partial charge in [-0.2, -0.15) is 0 Å². The first-order valence-corrected chi connectivity index (χ1v) is 18.2. The van der Waals surface area contributed by atoms with Gasteiger partial charge < -0.3 is 0 Å². The van der Waals surface area contributed by atoms with Crippen LogP contribution in [0.3, 0.4) is 0 Å². The molecule has 2 heterocycles. The van der Waals surface area contributed by atoms with Gasteiger partial charge in [0.05, 0.1) is 12.1 Å². The van der Waals surface area contributed by atoms with Crippen molar-refractivity contribution in [3.8, 4) is 0 Å². The molecule has 0 N–H and O–H groups in total. The molecule has 6 nitrogen and oxygen atoms in total. The van der Waals surface area contributed by atoms with E-state index in [4.69, 9.17) is 0 Å². The minimum Gasteiger partial charge on any atom is -0.269 e. The molecule has 4 amide bonds. The van der Waals surface area contributed by atoms with Crippen LogP contribution in [0.1, 0.15) is 78.5 Å². The predicted octanol–water partition coefficient (Wildman–Crippen LogP) is 10.8. The molecular weight excluding hydrogens is 669 g/mol. The van der Waals surface area contributed by atoms with E-state index in [2.05, 4.69) is 0 Å². The second-order valence-corrected chi connectivity index (χ2v) is 14.6. The maximum atomic E-state index is 14.4. The summed E-state index contributed by atoms with van der Waals surface area (Å²) >= 11 is 0. The van der Waals surface area contributed by atoms with E-state index in [1.165, 1.54) is 9.80 Å². The summed E-state index contributed by atoms with van der Waals surface area (Å²) in [4.78, 5) is 60.5. The Morgan fingerprint density at radius 2 is 0.648 bits per heavy atom. The van der Waals surface area contributed by atoms with Crippen molar-refractivity contribution < 1.29 is 19.2 Å². The second-order valence-electron chi connectivity index (χ2n) is 14.6. The topological polar surface area (TPSA) is 74.8 Å². The van der Waals surface area contributed by atoms with E-state index in [9.17, 15) is 19.2 Å². The number of hydrogen-bond acceptors (Lipinski definition) is 4. The molecule has 2 aliphatic heterocycles. The van der Waals surface area contributed by atoms with Crippen LogP contribution < -0.4 is 0 Å². The Bertz CT molecular complexity index is 2850. The van der Waals surface area contributed by atoms with Crippen molar-refractivity contribution in [1.82, 2.24) is 9.80 Å². The Morgan fingerprint density at radius 1 is 0.333 bits per heavy atom. The molecule has 9 aromatic rings. The molecule has 0 aliphatic carbocycles. The van der Waals surface area contributed by atoms with Gasteiger partial charge in [-0.25, -0.2) is 0 Å². The third-order valence-electron chi connectivity index (χ3n) is 12.0. The molecule has 0 fully saturated rings. The van der Waals surface area contributed by atoms with Crippen LogP contribution in [0.15, 0.2) is 133 Å². The third kappa shape index (κ3) is 3.84. The Balaban J connectivity index is 1.08. The Kier molecular flexibility index (Phi) is 6.14. The van der Waals surface area contributed by atoms with Crippen molar-refractivity contribution in [2.24, 2.45) is 0 Å². The van der Waals surface area contributed by atoms with Crippen LogP contribution in [0.4, 0.5) is 0 Å². The summed E-state index contributed by atoms with van der Waals surface area (Å²) in [7, 11) is 0. The predicted molar refractivity (Wildman–Crippen MR) is 213 cm³/mol. The first kappa shape index (κ1) is 30.7. The lowest BCUT2D eigenvalue weighted by molar-refractivity contribution is 0.0535. The number of carbonyl (C=O) groups is 4. The minimum absolute atomic E-state index is 0.329. The number of benzene rings is 9. The van der Waals surface area contributed by atoms with Crippen molar-refractivity contribution in [3.05, 3.63) is 167 Å². The first-order chi connectivity index (χ1) is 26.3. The van der Waals surface area contributed by atoms with E-state index < -0.39 is 12.1 Å². The van der Waals surface area contributed by atoms with Crippen molar-refractivity contribution >= 4 is 88.3 Å². The number of carbonyl (C=O) groups excluding carboxylic acids is 4. The van der Waals surface area contributed by atoms with E-state index in [0.29, 0.717) is 33.0 Å². The van der Waals surface area contributed by atoms with Crippen LogP contribution in [0, 0.1) is 0 Å². The summed E-state index contributed by atoms with van der Waals surface area (Å²) in [5.74, 6) is -1.32. The Hall–Kier alpha value is -6.92. The minimum atomic E-state index is -0.499. The fourth-order valence-electron chi connectivity index (χ4n) is 9.52. The van der Waals surface area contributed by atoms with E-state index >= 15 is 0 Å². The number of nitrogens with zero attached hydrogens (tertiary/aromatic N) is 2. The maximum absolute atomic E-state index is 14.4. The van der Waals surface area contributed by atoms with Crippen LogP contribution >= 0.6 is 0 Å². The highest BCUT2D eigenvalue weighted by Crippen LogP contribution is 2.48. The summed E-state index contributed by atoms with van der Waals surface area (Å²) in [5, 5.41) is 10.5. The monoisotopic (exact) mass is 698 g/mol. The average molecular weight is 699 g/mol. The number of amides is 4. The maximum Gasteiger partial charge on any atom is 0.261 e. The standard InChI is InChI=1S/C48H30N2O4/c1-25(29-15-7-11-27-9-3-5-13-31(27)29)49-45(51)37-21-17-33-35-19-23-39-44-40(24-20-36(42(35)44)34-18-22-38(46(49)52)43(37)41(33)34)48(54)50(47(39)53)26(2)30-16-8-12-28-10-4-6-14-32(28)30/h3-26H,1-2H3. The molecule has 0 saturated heterocycles. The Labute approximate surface area is 309 Å². The number of rotatable bonds is 4. The van der Waals surface area contributed by atoms with Gasteiger partial charge >= 0.3 is 0 Å². The summed E-state index contributed by atoms with van der Waals surface area (Å²) in [6.07, 6.45) is 0. The van der Waals surface area contributed by atoms with Gasteiger partial charge in [0.15, 0.2) is 0 Å². The summed E-state index contributed by atoms with van der Waals surface area (Å²) in [6, 6.07) is 42.1. The van der Waals surface area contributed by atoms with Crippen LogP contribution in [-0.4, -0.2) is 33.4 Å². The summed E-state index contributed by atoms with van der Waals surface area (Å²) in [5.41, 5.74) is 3.74. The van der Waals surface area contributed by atoms with Crippen molar-refractivity contribution in [2.45, 2.75) is 25.9 Å². The molecule has 54 heavy (non-hydrogen) atoms. The average Bonchev–Trinajstić information content (AvgIpc) is 3.20. The lowest BCUT2D eigenvalue weighted by atomic mass is 9.81. The van der Waals surface area contributed by atoms with Crippen LogP contribution in [0.25, 0.3) is 64.6 Å². The molecule has 6 heteroatoms. The van der Waals surface area contributed by atoms with Gasteiger partial charge in [0.2, 0.25) is 0 Å².